The molecule has 0 spiro atoms. The number of non-ortho nitro benzene ring substituents is 1. The standard InChI is InChI=1S/C13H7BrF2N2O3/c14-9-3-1-2-8(12(9)16)13(19)17-11-5-4-7(18(20)21)6-10(11)15/h1-6H,(H,17,19). The minimum Gasteiger partial charge on any atom is -0.319 e. The second-order valence-electron chi connectivity index (χ2n) is 3.98. The maximum absolute atomic E-state index is 13.7. The second-order valence-corrected chi connectivity index (χ2v) is 4.83. The molecule has 1 amide bonds. The normalized spacial score (nSPS) is 10.2. The molecular formula is C13H7BrF2N2O3. The number of halogens is 3. The molecule has 0 saturated heterocycles. The van der Waals surface area contributed by atoms with Crippen LogP contribution < -0.4 is 5.32 Å². The first-order valence-corrected chi connectivity index (χ1v) is 6.38. The van der Waals surface area contributed by atoms with Crippen molar-refractivity contribution in [3.63, 3.8) is 0 Å². The van der Waals surface area contributed by atoms with Crippen LogP contribution in [0.15, 0.2) is 40.9 Å². The molecule has 0 aliphatic rings. The van der Waals surface area contributed by atoms with Crippen molar-refractivity contribution in [3.8, 4) is 0 Å². The van der Waals surface area contributed by atoms with Gasteiger partial charge in [0.1, 0.15) is 5.82 Å². The third-order valence-corrected chi connectivity index (χ3v) is 3.22. The van der Waals surface area contributed by atoms with E-state index in [1.54, 1.807) is 0 Å². The van der Waals surface area contributed by atoms with Crippen molar-refractivity contribution in [2.45, 2.75) is 0 Å². The fourth-order valence-electron chi connectivity index (χ4n) is 1.59. The van der Waals surface area contributed by atoms with Gasteiger partial charge in [-0.25, -0.2) is 8.78 Å². The molecule has 0 saturated carbocycles. The molecule has 0 unspecified atom stereocenters. The lowest BCUT2D eigenvalue weighted by Gasteiger charge is -2.07. The number of benzene rings is 2. The van der Waals surface area contributed by atoms with Gasteiger partial charge in [-0.3, -0.25) is 14.9 Å². The maximum Gasteiger partial charge on any atom is 0.272 e. The first kappa shape index (κ1) is 15.0. The summed E-state index contributed by atoms with van der Waals surface area (Å²) in [5, 5.41) is 12.7. The van der Waals surface area contributed by atoms with Crippen molar-refractivity contribution in [2.75, 3.05) is 5.32 Å². The Labute approximate surface area is 125 Å². The highest BCUT2D eigenvalue weighted by molar-refractivity contribution is 9.10. The summed E-state index contributed by atoms with van der Waals surface area (Å²) >= 11 is 2.94. The van der Waals surface area contributed by atoms with Crippen LogP contribution in [-0.2, 0) is 0 Å². The average Bonchev–Trinajstić information content (AvgIpc) is 2.43. The quantitative estimate of drug-likeness (QED) is 0.669. The minimum absolute atomic E-state index is 0.0966. The molecule has 0 fully saturated rings. The van der Waals surface area contributed by atoms with Crippen molar-refractivity contribution in [1.29, 1.82) is 0 Å². The molecule has 8 heteroatoms. The number of amides is 1. The first-order chi connectivity index (χ1) is 9.90. The number of carbonyl (C=O) groups is 1. The van der Waals surface area contributed by atoms with Gasteiger partial charge in [0, 0.05) is 6.07 Å². The summed E-state index contributed by atoms with van der Waals surface area (Å²) in [6.45, 7) is 0. The Kier molecular flexibility index (Phi) is 4.27. The minimum atomic E-state index is -0.979. The molecule has 2 aromatic carbocycles. The Morgan fingerprint density at radius 2 is 1.95 bits per heavy atom. The molecule has 0 aliphatic heterocycles. The van der Waals surface area contributed by atoms with Gasteiger partial charge in [0.05, 0.1) is 26.7 Å². The van der Waals surface area contributed by atoms with Crippen LogP contribution in [-0.4, -0.2) is 10.8 Å². The molecular weight excluding hydrogens is 350 g/mol. The Bertz CT molecular complexity index is 737. The largest absolute Gasteiger partial charge is 0.319 e. The molecule has 0 atom stereocenters. The lowest BCUT2D eigenvalue weighted by atomic mass is 10.2. The Morgan fingerprint density at radius 1 is 1.24 bits per heavy atom. The maximum atomic E-state index is 13.7. The zero-order valence-corrected chi connectivity index (χ0v) is 11.9. The molecule has 0 bridgehead atoms. The zero-order valence-electron chi connectivity index (χ0n) is 10.3. The molecule has 0 aromatic heterocycles. The zero-order chi connectivity index (χ0) is 15.6. The third kappa shape index (κ3) is 3.22. The van der Waals surface area contributed by atoms with Crippen LogP contribution in [0.3, 0.4) is 0 Å². The number of nitrogens with one attached hydrogen (secondary N) is 1. The predicted molar refractivity (Wildman–Crippen MR) is 75.1 cm³/mol. The van der Waals surface area contributed by atoms with Gasteiger partial charge in [-0.1, -0.05) is 6.07 Å². The summed E-state index contributed by atoms with van der Waals surface area (Å²) < 4.78 is 27.5. The molecule has 0 radical (unpaired) electrons. The van der Waals surface area contributed by atoms with E-state index in [1.165, 1.54) is 18.2 Å². The van der Waals surface area contributed by atoms with E-state index in [2.05, 4.69) is 21.2 Å². The summed E-state index contributed by atoms with van der Waals surface area (Å²) in [5.74, 6) is -2.62. The highest BCUT2D eigenvalue weighted by Crippen LogP contribution is 2.23. The van der Waals surface area contributed by atoms with E-state index >= 15 is 0 Å². The van der Waals surface area contributed by atoms with E-state index in [0.717, 1.165) is 12.1 Å². The number of nitro benzene ring substituents is 1. The smallest absolute Gasteiger partial charge is 0.272 e. The lowest BCUT2D eigenvalue weighted by Crippen LogP contribution is -2.15. The monoisotopic (exact) mass is 356 g/mol. The van der Waals surface area contributed by atoms with Gasteiger partial charge in [-0.15, -0.1) is 0 Å². The average molecular weight is 357 g/mol. The van der Waals surface area contributed by atoms with E-state index in [-0.39, 0.29) is 15.7 Å². The molecule has 21 heavy (non-hydrogen) atoms. The van der Waals surface area contributed by atoms with Crippen molar-refractivity contribution in [1.82, 2.24) is 0 Å². The molecule has 5 nitrogen and oxygen atoms in total. The fourth-order valence-corrected chi connectivity index (χ4v) is 1.95. The SMILES string of the molecule is O=C(Nc1ccc([N+](=O)[O-])cc1F)c1cccc(Br)c1F. The van der Waals surface area contributed by atoms with Crippen LogP contribution >= 0.6 is 15.9 Å². The molecule has 2 rings (SSSR count). The lowest BCUT2D eigenvalue weighted by molar-refractivity contribution is -0.385. The van der Waals surface area contributed by atoms with Crippen LogP contribution in [0.5, 0.6) is 0 Å². The van der Waals surface area contributed by atoms with Crippen LogP contribution in [0.2, 0.25) is 0 Å². The van der Waals surface area contributed by atoms with Gasteiger partial charge < -0.3 is 5.32 Å². The summed E-state index contributed by atoms with van der Waals surface area (Å²) in [6, 6.07) is 6.86. The van der Waals surface area contributed by atoms with Crippen LogP contribution in [0.1, 0.15) is 10.4 Å². The molecule has 1 N–H and O–H groups in total. The van der Waals surface area contributed by atoms with Crippen molar-refractivity contribution in [2.24, 2.45) is 0 Å². The van der Waals surface area contributed by atoms with Gasteiger partial charge in [0.15, 0.2) is 5.82 Å². The van der Waals surface area contributed by atoms with Crippen LogP contribution in [0.4, 0.5) is 20.2 Å². The molecule has 0 heterocycles. The van der Waals surface area contributed by atoms with Gasteiger partial charge in [0.25, 0.3) is 11.6 Å². The number of hydrogen-bond donors (Lipinski definition) is 1. The predicted octanol–water partition coefficient (Wildman–Crippen LogP) is 3.89. The van der Waals surface area contributed by atoms with Crippen molar-refractivity contribution < 1.29 is 18.5 Å². The van der Waals surface area contributed by atoms with E-state index in [9.17, 15) is 23.7 Å². The van der Waals surface area contributed by atoms with Crippen molar-refractivity contribution in [3.05, 3.63) is 68.2 Å². The number of carbonyl (C=O) groups excluding carboxylic acids is 1. The van der Waals surface area contributed by atoms with E-state index in [1.807, 2.05) is 0 Å². The highest BCUT2D eigenvalue weighted by atomic mass is 79.9. The number of nitrogens with zero attached hydrogens (tertiary/aromatic N) is 1. The molecule has 108 valence electrons. The number of hydrogen-bond acceptors (Lipinski definition) is 3. The number of nitro groups is 1. The summed E-state index contributed by atoms with van der Waals surface area (Å²) in [4.78, 5) is 21.6. The van der Waals surface area contributed by atoms with E-state index < -0.39 is 28.2 Å². The summed E-state index contributed by atoms with van der Waals surface area (Å²) in [7, 11) is 0. The van der Waals surface area contributed by atoms with Gasteiger partial charge >= 0.3 is 0 Å². The molecule has 2 aromatic rings. The fraction of sp³-hybridized carbons (Fsp3) is 0. The van der Waals surface area contributed by atoms with Gasteiger partial charge in [0.2, 0.25) is 0 Å². The first-order valence-electron chi connectivity index (χ1n) is 5.59. The second kappa shape index (κ2) is 5.96. The van der Waals surface area contributed by atoms with Crippen LogP contribution in [0.25, 0.3) is 0 Å². The topological polar surface area (TPSA) is 72.2 Å². The van der Waals surface area contributed by atoms with E-state index in [4.69, 9.17) is 0 Å². The summed E-state index contributed by atoms with van der Waals surface area (Å²) in [6.07, 6.45) is 0. The Morgan fingerprint density at radius 3 is 2.57 bits per heavy atom. The van der Waals surface area contributed by atoms with Crippen molar-refractivity contribution >= 4 is 33.2 Å². The van der Waals surface area contributed by atoms with Crippen LogP contribution in [0, 0.1) is 21.7 Å². The number of anilines is 1. The molecule has 0 aliphatic carbocycles. The number of rotatable bonds is 3. The van der Waals surface area contributed by atoms with Gasteiger partial charge in [-0.2, -0.15) is 0 Å². The third-order valence-electron chi connectivity index (χ3n) is 2.61. The highest BCUT2D eigenvalue weighted by Gasteiger charge is 2.17. The summed E-state index contributed by atoms with van der Waals surface area (Å²) in [5.41, 5.74) is -0.994. The van der Waals surface area contributed by atoms with E-state index in [0.29, 0.717) is 6.07 Å². The Balaban J connectivity index is 2.28. The van der Waals surface area contributed by atoms with Gasteiger partial charge in [-0.05, 0) is 34.1 Å². The Hall–Kier alpha value is -2.35.